The lowest BCUT2D eigenvalue weighted by molar-refractivity contribution is -0.142. The summed E-state index contributed by atoms with van der Waals surface area (Å²) in [7, 11) is 0. The fourth-order valence-corrected chi connectivity index (χ4v) is 2.56. The van der Waals surface area contributed by atoms with Crippen molar-refractivity contribution in [3.05, 3.63) is 11.6 Å². The van der Waals surface area contributed by atoms with Gasteiger partial charge in [0.1, 0.15) is 0 Å². The van der Waals surface area contributed by atoms with Crippen LogP contribution in [-0.4, -0.2) is 22.1 Å². The molecule has 0 spiro atoms. The monoisotopic (exact) mass is 226 g/mol. The highest BCUT2D eigenvalue weighted by molar-refractivity contribution is 7.13. The predicted molar refractivity (Wildman–Crippen MR) is 59.1 cm³/mol. The van der Waals surface area contributed by atoms with Crippen LogP contribution in [0.25, 0.3) is 0 Å². The van der Waals surface area contributed by atoms with Crippen molar-refractivity contribution in [1.82, 2.24) is 4.98 Å². The molecule has 2 N–H and O–H groups in total. The van der Waals surface area contributed by atoms with Gasteiger partial charge in [-0.1, -0.05) is 0 Å². The van der Waals surface area contributed by atoms with Crippen LogP contribution < -0.4 is 5.32 Å². The van der Waals surface area contributed by atoms with E-state index in [1.54, 1.807) is 17.5 Å². The quantitative estimate of drug-likeness (QED) is 0.829. The number of carbonyl (C=O) groups is 1. The second-order valence-corrected chi connectivity index (χ2v) is 4.76. The van der Waals surface area contributed by atoms with Crippen molar-refractivity contribution >= 4 is 22.4 Å². The van der Waals surface area contributed by atoms with Gasteiger partial charge >= 0.3 is 5.97 Å². The number of carboxylic acid groups (broad SMARTS) is 1. The number of carboxylic acids is 1. The highest BCUT2D eigenvalue weighted by Gasteiger charge is 2.25. The Morgan fingerprint density at radius 2 is 2.20 bits per heavy atom. The molecule has 0 radical (unpaired) electrons. The Morgan fingerprint density at radius 1 is 1.47 bits per heavy atom. The van der Waals surface area contributed by atoms with E-state index in [0.717, 1.165) is 30.8 Å². The van der Waals surface area contributed by atoms with E-state index in [-0.39, 0.29) is 5.92 Å². The van der Waals surface area contributed by atoms with Crippen LogP contribution in [0.3, 0.4) is 0 Å². The molecule has 1 aromatic rings. The van der Waals surface area contributed by atoms with Gasteiger partial charge in [0.05, 0.1) is 5.92 Å². The highest BCUT2D eigenvalue weighted by atomic mass is 32.1. The van der Waals surface area contributed by atoms with Crippen molar-refractivity contribution in [3.63, 3.8) is 0 Å². The fourth-order valence-electron chi connectivity index (χ4n) is 1.95. The van der Waals surface area contributed by atoms with Gasteiger partial charge < -0.3 is 10.4 Å². The van der Waals surface area contributed by atoms with Gasteiger partial charge in [0.25, 0.3) is 0 Å². The highest BCUT2D eigenvalue weighted by Crippen LogP contribution is 2.27. The third-order valence-electron chi connectivity index (χ3n) is 2.84. The second-order valence-electron chi connectivity index (χ2n) is 3.87. The van der Waals surface area contributed by atoms with E-state index in [9.17, 15) is 4.79 Å². The number of hydrogen-bond donors (Lipinski definition) is 2. The number of nitrogens with one attached hydrogen (secondary N) is 1. The van der Waals surface area contributed by atoms with Gasteiger partial charge in [0.2, 0.25) is 0 Å². The summed E-state index contributed by atoms with van der Waals surface area (Å²) >= 11 is 1.59. The first kappa shape index (κ1) is 10.4. The number of aliphatic carboxylic acids is 1. The third-order valence-corrected chi connectivity index (χ3v) is 3.54. The lowest BCUT2D eigenvalue weighted by atomic mass is 9.86. The molecule has 5 heteroatoms. The van der Waals surface area contributed by atoms with Crippen molar-refractivity contribution in [2.75, 3.05) is 5.32 Å². The molecule has 4 nitrogen and oxygen atoms in total. The second kappa shape index (κ2) is 4.61. The van der Waals surface area contributed by atoms with Crippen molar-refractivity contribution in [2.24, 2.45) is 5.92 Å². The molecular weight excluding hydrogens is 212 g/mol. The zero-order valence-corrected chi connectivity index (χ0v) is 9.17. The molecule has 1 aliphatic rings. The summed E-state index contributed by atoms with van der Waals surface area (Å²) in [5, 5.41) is 15.1. The molecule has 1 saturated carbocycles. The van der Waals surface area contributed by atoms with Gasteiger partial charge in [-0.25, -0.2) is 4.98 Å². The largest absolute Gasteiger partial charge is 0.481 e. The standard InChI is InChI=1S/C10H14N2O2S/c13-9(14)7-1-3-8(4-2-7)12-10-11-5-6-15-10/h5-8H,1-4H2,(H,11,12)(H,13,14). The fraction of sp³-hybridized carbons (Fsp3) is 0.600. The van der Waals surface area contributed by atoms with Gasteiger partial charge in [0, 0.05) is 17.6 Å². The summed E-state index contributed by atoms with van der Waals surface area (Å²) in [5.41, 5.74) is 0. The predicted octanol–water partition coefficient (Wildman–Crippen LogP) is 2.20. The molecule has 1 fully saturated rings. The van der Waals surface area contributed by atoms with Gasteiger partial charge in [-0.2, -0.15) is 0 Å². The van der Waals surface area contributed by atoms with Crippen LogP contribution in [0.1, 0.15) is 25.7 Å². The van der Waals surface area contributed by atoms with Crippen LogP contribution in [0, 0.1) is 5.92 Å². The van der Waals surface area contributed by atoms with Crippen LogP contribution in [0.2, 0.25) is 0 Å². The Hall–Kier alpha value is -1.10. The number of thiazole rings is 1. The topological polar surface area (TPSA) is 62.2 Å². The summed E-state index contributed by atoms with van der Waals surface area (Å²) in [4.78, 5) is 14.9. The maximum absolute atomic E-state index is 10.7. The maximum Gasteiger partial charge on any atom is 0.306 e. The minimum atomic E-state index is -0.650. The van der Waals surface area contributed by atoms with Crippen LogP contribution in [0.5, 0.6) is 0 Å². The van der Waals surface area contributed by atoms with E-state index in [0.29, 0.717) is 6.04 Å². The van der Waals surface area contributed by atoms with Crippen molar-refractivity contribution in [2.45, 2.75) is 31.7 Å². The van der Waals surface area contributed by atoms with E-state index in [2.05, 4.69) is 10.3 Å². The molecule has 0 atom stereocenters. The lowest BCUT2D eigenvalue weighted by Crippen LogP contribution is -2.29. The Morgan fingerprint density at radius 3 is 2.73 bits per heavy atom. The SMILES string of the molecule is O=C(O)C1CCC(Nc2nccs2)CC1. The molecule has 1 aromatic heterocycles. The zero-order chi connectivity index (χ0) is 10.7. The molecule has 2 rings (SSSR count). The average molecular weight is 226 g/mol. The number of hydrogen-bond acceptors (Lipinski definition) is 4. The van der Waals surface area contributed by atoms with Crippen molar-refractivity contribution in [3.8, 4) is 0 Å². The smallest absolute Gasteiger partial charge is 0.306 e. The first-order valence-corrected chi connectivity index (χ1v) is 6.02. The van der Waals surface area contributed by atoms with E-state index >= 15 is 0 Å². The lowest BCUT2D eigenvalue weighted by Gasteiger charge is -2.26. The number of anilines is 1. The Labute approximate surface area is 92.3 Å². The molecule has 15 heavy (non-hydrogen) atoms. The molecule has 1 heterocycles. The molecule has 0 bridgehead atoms. The molecule has 0 aliphatic heterocycles. The maximum atomic E-state index is 10.7. The molecule has 82 valence electrons. The van der Waals surface area contributed by atoms with E-state index in [1.165, 1.54) is 0 Å². The third kappa shape index (κ3) is 2.68. The summed E-state index contributed by atoms with van der Waals surface area (Å²) in [6.45, 7) is 0. The molecular formula is C10H14N2O2S. The van der Waals surface area contributed by atoms with E-state index in [4.69, 9.17) is 5.11 Å². The first-order valence-electron chi connectivity index (χ1n) is 5.14. The first-order chi connectivity index (χ1) is 7.25. The minimum absolute atomic E-state index is 0.139. The zero-order valence-electron chi connectivity index (χ0n) is 8.35. The van der Waals surface area contributed by atoms with Crippen LogP contribution in [0.4, 0.5) is 5.13 Å². The average Bonchev–Trinajstić information content (AvgIpc) is 2.71. The Kier molecular flexibility index (Phi) is 3.20. The van der Waals surface area contributed by atoms with E-state index in [1.807, 2.05) is 5.38 Å². The van der Waals surface area contributed by atoms with Gasteiger partial charge in [-0.15, -0.1) is 11.3 Å². The van der Waals surface area contributed by atoms with Crippen molar-refractivity contribution < 1.29 is 9.90 Å². The minimum Gasteiger partial charge on any atom is -0.481 e. The van der Waals surface area contributed by atoms with E-state index < -0.39 is 5.97 Å². The van der Waals surface area contributed by atoms with Crippen LogP contribution in [-0.2, 0) is 4.79 Å². The number of aromatic nitrogens is 1. The summed E-state index contributed by atoms with van der Waals surface area (Å²) in [6.07, 6.45) is 5.18. The van der Waals surface area contributed by atoms with Crippen LogP contribution >= 0.6 is 11.3 Å². The van der Waals surface area contributed by atoms with Gasteiger partial charge in [-0.05, 0) is 25.7 Å². The Bertz CT molecular complexity index is 318. The molecule has 0 unspecified atom stereocenters. The van der Waals surface area contributed by atoms with Gasteiger partial charge in [0.15, 0.2) is 5.13 Å². The molecule has 0 amide bonds. The molecule has 0 saturated heterocycles. The number of rotatable bonds is 3. The molecule has 0 aromatic carbocycles. The van der Waals surface area contributed by atoms with Crippen LogP contribution in [0.15, 0.2) is 11.6 Å². The summed E-state index contributed by atoms with van der Waals surface area (Å²) in [5.74, 6) is -0.790. The summed E-state index contributed by atoms with van der Waals surface area (Å²) < 4.78 is 0. The van der Waals surface area contributed by atoms with Crippen molar-refractivity contribution in [1.29, 1.82) is 0 Å². The molecule has 1 aliphatic carbocycles. The normalized spacial score (nSPS) is 26.1. The Balaban J connectivity index is 1.81. The van der Waals surface area contributed by atoms with Gasteiger partial charge in [-0.3, -0.25) is 4.79 Å². The number of nitrogens with zero attached hydrogens (tertiary/aromatic N) is 1. The summed E-state index contributed by atoms with van der Waals surface area (Å²) in [6, 6.07) is 0.395.